The molecule has 2 fully saturated rings. The number of carbonyl (C=O) groups excluding carboxylic acids is 2. The maximum Gasteiger partial charge on any atom is 0.413 e. The van der Waals surface area contributed by atoms with Gasteiger partial charge in [-0.15, -0.1) is 0 Å². The summed E-state index contributed by atoms with van der Waals surface area (Å²) in [6.07, 6.45) is 2.93. The van der Waals surface area contributed by atoms with Crippen molar-refractivity contribution in [1.29, 1.82) is 0 Å². The molecule has 14 nitrogen and oxygen atoms in total. The van der Waals surface area contributed by atoms with Crippen LogP contribution in [0.1, 0.15) is 19.8 Å². The lowest BCUT2D eigenvalue weighted by molar-refractivity contribution is -0.0760. The molecule has 3 atom stereocenters. The Labute approximate surface area is 230 Å². The van der Waals surface area contributed by atoms with E-state index in [4.69, 9.17) is 15.2 Å². The van der Waals surface area contributed by atoms with Gasteiger partial charge in [0.1, 0.15) is 18.0 Å². The molecule has 3 amide bonds. The van der Waals surface area contributed by atoms with Crippen LogP contribution in [0.15, 0.2) is 24.7 Å². The fourth-order valence-corrected chi connectivity index (χ4v) is 4.53. The molecule has 0 radical (unpaired) electrons. The minimum atomic E-state index is -3.17. The summed E-state index contributed by atoms with van der Waals surface area (Å²) >= 11 is 0. The van der Waals surface area contributed by atoms with Crippen molar-refractivity contribution in [2.45, 2.75) is 43.9 Å². The van der Waals surface area contributed by atoms with Gasteiger partial charge in [0.15, 0.2) is 5.82 Å². The Hall–Kier alpha value is -3.92. The van der Waals surface area contributed by atoms with Crippen molar-refractivity contribution >= 4 is 29.7 Å². The lowest BCUT2D eigenvalue weighted by Crippen LogP contribution is -2.60. The summed E-state index contributed by atoms with van der Waals surface area (Å²) in [7, 11) is 3.22. The zero-order valence-electron chi connectivity index (χ0n) is 22.6. The van der Waals surface area contributed by atoms with Crippen LogP contribution in [0.5, 0.6) is 5.88 Å². The van der Waals surface area contributed by atoms with Crippen LogP contribution >= 0.6 is 0 Å². The van der Waals surface area contributed by atoms with E-state index >= 15 is 0 Å². The summed E-state index contributed by atoms with van der Waals surface area (Å²) in [6.45, 7) is 3.25. The number of alkyl halides is 2. The minimum absolute atomic E-state index is 0.0539. The molecule has 2 aromatic rings. The second kappa shape index (κ2) is 12.5. The number of hydrogen-bond acceptors (Lipinski definition) is 11. The van der Waals surface area contributed by atoms with Gasteiger partial charge in [-0.1, -0.05) is 0 Å². The maximum absolute atomic E-state index is 15.0. The summed E-state index contributed by atoms with van der Waals surface area (Å²) in [5.74, 6) is -2.53. The van der Waals surface area contributed by atoms with Crippen molar-refractivity contribution in [3.8, 4) is 5.88 Å². The number of anilines is 3. The van der Waals surface area contributed by atoms with Crippen LogP contribution in [-0.4, -0.2) is 113 Å². The van der Waals surface area contributed by atoms with Crippen molar-refractivity contribution in [3.63, 3.8) is 0 Å². The van der Waals surface area contributed by atoms with Crippen LogP contribution in [0.2, 0.25) is 0 Å². The molecule has 4 rings (SSSR count). The molecular formula is C24H34F2N10O4. The standard InChI is InChI=1S/C24H34F2N10O4/c1-4-39-20-12-29-19(11-30-20)32-22(37)35(3)17-14-36(10-7-24(17,25)26)21-28-8-5-18(31-21)33-23(38)40-16-6-9-34(2)13-15(16)27/h5,8,11-12,15-17H,4,6-7,9-10,13-14,27H2,1-3H3,(H,29,32,37)(H,28,31,33,38)/t15-,16+,17-/m0/s1. The largest absolute Gasteiger partial charge is 0.477 e. The minimum Gasteiger partial charge on any atom is -0.477 e. The number of piperidine rings is 2. The number of ether oxygens (including phenoxy) is 2. The number of carbonyl (C=O) groups is 2. The van der Waals surface area contributed by atoms with Gasteiger partial charge in [-0.05, 0) is 26.5 Å². The molecule has 2 aromatic heterocycles. The van der Waals surface area contributed by atoms with Gasteiger partial charge in [0.25, 0.3) is 5.92 Å². The first-order chi connectivity index (χ1) is 19.1. The third kappa shape index (κ3) is 7.18. The third-order valence-electron chi connectivity index (χ3n) is 6.75. The first kappa shape index (κ1) is 29.1. The number of amides is 3. The number of nitrogens with two attached hydrogens (primary N) is 1. The fourth-order valence-electron chi connectivity index (χ4n) is 4.53. The Morgan fingerprint density at radius 3 is 2.67 bits per heavy atom. The van der Waals surface area contributed by atoms with E-state index in [1.54, 1.807) is 6.92 Å². The van der Waals surface area contributed by atoms with Gasteiger partial charge >= 0.3 is 12.1 Å². The Morgan fingerprint density at radius 2 is 1.98 bits per heavy atom. The molecule has 2 aliphatic rings. The molecule has 2 saturated heterocycles. The van der Waals surface area contributed by atoms with E-state index in [1.807, 2.05) is 7.05 Å². The molecule has 40 heavy (non-hydrogen) atoms. The van der Waals surface area contributed by atoms with Crippen LogP contribution in [-0.2, 0) is 4.74 Å². The van der Waals surface area contributed by atoms with E-state index in [0.717, 1.165) is 11.4 Å². The first-order valence-corrected chi connectivity index (χ1v) is 12.9. The average Bonchev–Trinajstić information content (AvgIpc) is 2.91. The third-order valence-corrected chi connectivity index (χ3v) is 6.75. The van der Waals surface area contributed by atoms with Gasteiger partial charge in [0, 0.05) is 45.8 Å². The van der Waals surface area contributed by atoms with Crippen molar-refractivity contribution < 1.29 is 27.8 Å². The van der Waals surface area contributed by atoms with Crippen molar-refractivity contribution in [1.82, 2.24) is 29.7 Å². The first-order valence-electron chi connectivity index (χ1n) is 12.9. The van der Waals surface area contributed by atoms with E-state index in [1.165, 1.54) is 36.6 Å². The summed E-state index contributed by atoms with van der Waals surface area (Å²) < 4.78 is 40.6. The zero-order chi connectivity index (χ0) is 28.9. The maximum atomic E-state index is 15.0. The molecule has 0 unspecified atom stereocenters. The molecule has 0 saturated carbocycles. The van der Waals surface area contributed by atoms with Crippen LogP contribution in [0, 0.1) is 0 Å². The number of rotatable bonds is 7. The number of nitrogens with one attached hydrogen (secondary N) is 2. The van der Waals surface area contributed by atoms with Gasteiger partial charge in [-0.2, -0.15) is 4.98 Å². The number of hydrogen-bond donors (Lipinski definition) is 3. The molecular weight excluding hydrogens is 530 g/mol. The number of nitrogens with zero attached hydrogens (tertiary/aromatic N) is 7. The van der Waals surface area contributed by atoms with E-state index in [9.17, 15) is 18.4 Å². The second-order valence-electron chi connectivity index (χ2n) is 9.71. The summed E-state index contributed by atoms with van der Waals surface area (Å²) in [5.41, 5.74) is 6.09. The lowest BCUT2D eigenvalue weighted by atomic mass is 10.00. The quantitative estimate of drug-likeness (QED) is 0.448. The topological polar surface area (TPSA) is 164 Å². The summed E-state index contributed by atoms with van der Waals surface area (Å²) in [6, 6.07) is -1.12. The molecule has 0 bridgehead atoms. The van der Waals surface area contributed by atoms with Gasteiger partial charge in [-0.3, -0.25) is 10.6 Å². The number of aromatic nitrogens is 4. The van der Waals surface area contributed by atoms with Gasteiger partial charge in [0.05, 0.1) is 25.0 Å². The van der Waals surface area contributed by atoms with E-state index in [-0.39, 0.29) is 42.6 Å². The molecule has 2 aliphatic heterocycles. The van der Waals surface area contributed by atoms with Gasteiger partial charge in [-0.25, -0.2) is 33.3 Å². The average molecular weight is 565 g/mol. The normalized spacial score (nSPS) is 22.8. The molecule has 0 aromatic carbocycles. The number of likely N-dealkylation sites (N-methyl/N-ethyl adjacent to an activating group) is 2. The van der Waals surface area contributed by atoms with Crippen molar-refractivity contribution in [2.24, 2.45) is 5.73 Å². The Bertz CT molecular complexity index is 1170. The summed E-state index contributed by atoms with van der Waals surface area (Å²) in [5, 5.41) is 5.03. The van der Waals surface area contributed by atoms with Crippen LogP contribution in [0.25, 0.3) is 0 Å². The molecule has 0 spiro atoms. The van der Waals surface area contributed by atoms with Crippen LogP contribution in [0.4, 0.5) is 36.0 Å². The number of likely N-dealkylation sites (tertiary alicyclic amines) is 1. The molecule has 16 heteroatoms. The highest BCUT2D eigenvalue weighted by Gasteiger charge is 2.48. The molecule has 4 heterocycles. The van der Waals surface area contributed by atoms with E-state index in [0.29, 0.717) is 19.6 Å². The summed E-state index contributed by atoms with van der Waals surface area (Å²) in [4.78, 5) is 46.3. The molecule has 218 valence electrons. The highest BCUT2D eigenvalue weighted by molar-refractivity contribution is 5.88. The van der Waals surface area contributed by atoms with Crippen LogP contribution < -0.4 is 26.0 Å². The lowest BCUT2D eigenvalue weighted by Gasteiger charge is -2.42. The van der Waals surface area contributed by atoms with E-state index < -0.39 is 36.6 Å². The predicted octanol–water partition coefficient (Wildman–Crippen LogP) is 1.62. The van der Waals surface area contributed by atoms with Crippen LogP contribution in [0.3, 0.4) is 0 Å². The predicted molar refractivity (Wildman–Crippen MR) is 142 cm³/mol. The fraction of sp³-hybridized carbons (Fsp3) is 0.583. The molecule has 4 N–H and O–H groups in total. The monoisotopic (exact) mass is 564 g/mol. The van der Waals surface area contributed by atoms with Crippen molar-refractivity contribution in [3.05, 3.63) is 24.7 Å². The number of urea groups is 1. The van der Waals surface area contributed by atoms with Gasteiger partial charge in [0.2, 0.25) is 11.8 Å². The Kier molecular flexibility index (Phi) is 9.09. The molecule has 0 aliphatic carbocycles. The number of halogens is 2. The van der Waals surface area contributed by atoms with E-state index in [2.05, 4.69) is 35.5 Å². The smallest absolute Gasteiger partial charge is 0.413 e. The highest BCUT2D eigenvalue weighted by Crippen LogP contribution is 2.33. The second-order valence-corrected chi connectivity index (χ2v) is 9.71. The Balaban J connectivity index is 1.38. The SMILES string of the molecule is CCOc1cnc(NC(=O)N(C)[C@H]2CN(c3nccc(NC(=O)O[C@@H]4CCN(C)C[C@@H]4N)n3)CCC2(F)F)cn1. The zero-order valence-corrected chi connectivity index (χ0v) is 22.6. The van der Waals surface area contributed by atoms with Gasteiger partial charge < -0.3 is 29.9 Å². The Morgan fingerprint density at radius 1 is 1.18 bits per heavy atom. The highest BCUT2D eigenvalue weighted by atomic mass is 19.3. The van der Waals surface area contributed by atoms with Crippen molar-refractivity contribution in [2.75, 3.05) is 62.4 Å².